The van der Waals surface area contributed by atoms with Crippen molar-refractivity contribution in [2.45, 2.75) is 25.3 Å². The first-order valence-corrected chi connectivity index (χ1v) is 6.92. The van der Waals surface area contributed by atoms with Gasteiger partial charge in [0.1, 0.15) is 11.6 Å². The van der Waals surface area contributed by atoms with E-state index in [1.54, 1.807) is 7.11 Å². The lowest BCUT2D eigenvalue weighted by Crippen LogP contribution is -2.31. The number of anilines is 1. The molecule has 1 atom stereocenters. The second-order valence-corrected chi connectivity index (χ2v) is 4.86. The zero-order chi connectivity index (χ0) is 14.5. The Morgan fingerprint density at radius 2 is 2.10 bits per heavy atom. The molecule has 2 rings (SSSR count). The lowest BCUT2D eigenvalue weighted by atomic mass is 10.1. The molecule has 0 aliphatic rings. The Kier molecular flexibility index (Phi) is 4.84. The molecule has 0 bridgehead atoms. The summed E-state index contributed by atoms with van der Waals surface area (Å²) >= 11 is 5.66. The van der Waals surface area contributed by atoms with Gasteiger partial charge in [-0.25, -0.2) is 0 Å². The molecule has 0 aliphatic carbocycles. The summed E-state index contributed by atoms with van der Waals surface area (Å²) in [5.41, 5.74) is 1.14. The Morgan fingerprint density at radius 1 is 1.35 bits per heavy atom. The quantitative estimate of drug-likeness (QED) is 0.767. The molecule has 1 heterocycles. The van der Waals surface area contributed by atoms with Crippen LogP contribution in [-0.2, 0) is 12.3 Å². The summed E-state index contributed by atoms with van der Waals surface area (Å²) in [4.78, 5) is 1.94. The largest absolute Gasteiger partial charge is 0.496 e. The number of aromatic nitrogens is 2. The monoisotopic (exact) mass is 295 g/mol. The molecule has 1 aromatic heterocycles. The fraction of sp³-hybridized carbons (Fsp3) is 0.429. The van der Waals surface area contributed by atoms with Crippen LogP contribution in [0.15, 0.2) is 28.7 Å². The second kappa shape index (κ2) is 6.61. The van der Waals surface area contributed by atoms with Crippen molar-refractivity contribution < 1.29 is 9.15 Å². The van der Waals surface area contributed by atoms with Crippen LogP contribution in [0.3, 0.4) is 0 Å². The summed E-state index contributed by atoms with van der Waals surface area (Å²) in [6, 6.07) is 8.64. The van der Waals surface area contributed by atoms with Crippen LogP contribution in [0.1, 0.15) is 18.4 Å². The number of para-hydroxylation sites is 1. The highest BCUT2D eigenvalue weighted by atomic mass is 35.5. The molecule has 0 fully saturated rings. The average molecular weight is 296 g/mol. The number of nitrogens with zero attached hydrogens (tertiary/aromatic N) is 3. The normalized spacial score (nSPS) is 12.2. The second-order valence-electron chi connectivity index (χ2n) is 4.59. The summed E-state index contributed by atoms with van der Waals surface area (Å²) in [7, 11) is 3.60. The van der Waals surface area contributed by atoms with Crippen molar-refractivity contribution in [1.29, 1.82) is 0 Å². The Balaban J connectivity index is 2.09. The van der Waals surface area contributed by atoms with Crippen LogP contribution < -0.4 is 9.64 Å². The molecule has 1 aromatic carbocycles. The van der Waals surface area contributed by atoms with Gasteiger partial charge in [0.05, 0.1) is 7.11 Å². The van der Waals surface area contributed by atoms with Crippen molar-refractivity contribution in [3.05, 3.63) is 35.7 Å². The van der Waals surface area contributed by atoms with E-state index in [-0.39, 0.29) is 11.9 Å². The van der Waals surface area contributed by atoms with E-state index >= 15 is 0 Å². The lowest BCUT2D eigenvalue weighted by molar-refractivity contribution is 0.407. The first kappa shape index (κ1) is 14.7. The van der Waals surface area contributed by atoms with Gasteiger partial charge in [0, 0.05) is 13.1 Å². The maximum atomic E-state index is 5.66. The van der Waals surface area contributed by atoms with Gasteiger partial charge in [0.25, 0.3) is 0 Å². The molecule has 0 saturated heterocycles. The zero-order valence-corrected chi connectivity index (χ0v) is 12.6. The van der Waals surface area contributed by atoms with E-state index in [1.165, 1.54) is 0 Å². The van der Waals surface area contributed by atoms with Gasteiger partial charge in [0.15, 0.2) is 0 Å². The van der Waals surface area contributed by atoms with Gasteiger partial charge in [-0.2, -0.15) is 0 Å². The highest BCUT2D eigenvalue weighted by Crippen LogP contribution is 2.22. The summed E-state index contributed by atoms with van der Waals surface area (Å²) in [6.45, 7) is 2.09. The number of halogens is 1. The molecule has 0 spiro atoms. The number of hydrogen-bond acceptors (Lipinski definition) is 5. The first-order valence-electron chi connectivity index (χ1n) is 6.38. The van der Waals surface area contributed by atoms with E-state index in [0.717, 1.165) is 17.7 Å². The lowest BCUT2D eigenvalue weighted by Gasteiger charge is -2.23. The third-order valence-electron chi connectivity index (χ3n) is 3.24. The Labute approximate surface area is 123 Å². The molecule has 0 N–H and O–H groups in total. The minimum Gasteiger partial charge on any atom is -0.496 e. The molecule has 2 aromatic rings. The summed E-state index contributed by atoms with van der Waals surface area (Å²) < 4.78 is 10.8. The topological polar surface area (TPSA) is 51.4 Å². The summed E-state index contributed by atoms with van der Waals surface area (Å²) in [5, 5.41) is 7.85. The molecule has 0 aliphatic heterocycles. The van der Waals surface area contributed by atoms with Gasteiger partial charge < -0.3 is 14.1 Å². The maximum absolute atomic E-state index is 5.66. The molecular weight excluding hydrogens is 278 g/mol. The van der Waals surface area contributed by atoms with Gasteiger partial charge in [0.2, 0.25) is 5.89 Å². The highest BCUT2D eigenvalue weighted by molar-refractivity contribution is 6.16. The van der Waals surface area contributed by atoms with Gasteiger partial charge in [-0.1, -0.05) is 23.3 Å². The van der Waals surface area contributed by atoms with E-state index < -0.39 is 0 Å². The van der Waals surface area contributed by atoms with Crippen molar-refractivity contribution in [2.24, 2.45) is 0 Å². The standard InChI is InChI=1S/C14H18ClN3O2/c1-10(8-11-6-4-5-7-12(11)19-3)18(2)14-17-16-13(9-15)20-14/h4-7,10H,8-9H2,1-3H3. The Hall–Kier alpha value is -1.75. The van der Waals surface area contributed by atoms with Crippen LogP contribution in [0.5, 0.6) is 5.75 Å². The zero-order valence-electron chi connectivity index (χ0n) is 11.8. The SMILES string of the molecule is COc1ccccc1CC(C)N(C)c1nnc(CCl)o1. The maximum Gasteiger partial charge on any atom is 0.318 e. The van der Waals surface area contributed by atoms with Gasteiger partial charge >= 0.3 is 6.01 Å². The number of benzene rings is 1. The number of ether oxygens (including phenoxy) is 1. The van der Waals surface area contributed by atoms with Crippen LogP contribution in [0.4, 0.5) is 6.01 Å². The predicted molar refractivity (Wildman–Crippen MR) is 78.4 cm³/mol. The molecule has 0 radical (unpaired) electrons. The molecule has 20 heavy (non-hydrogen) atoms. The van der Waals surface area contributed by atoms with Crippen LogP contribution in [-0.4, -0.2) is 30.4 Å². The average Bonchev–Trinajstić information content (AvgIpc) is 2.95. The fourth-order valence-corrected chi connectivity index (χ4v) is 2.06. The molecule has 0 saturated carbocycles. The van der Waals surface area contributed by atoms with Crippen LogP contribution in [0.25, 0.3) is 0 Å². The van der Waals surface area contributed by atoms with E-state index in [9.17, 15) is 0 Å². The number of likely N-dealkylation sites (N-methyl/N-ethyl adjacent to an activating group) is 1. The Bertz CT molecular complexity index is 559. The molecule has 0 amide bonds. The minimum atomic E-state index is 0.190. The summed E-state index contributed by atoms with van der Waals surface area (Å²) in [5.74, 6) is 1.54. The molecule has 5 nitrogen and oxygen atoms in total. The minimum absolute atomic E-state index is 0.190. The number of alkyl halides is 1. The van der Waals surface area contributed by atoms with Gasteiger partial charge in [-0.05, 0) is 25.0 Å². The van der Waals surface area contributed by atoms with Crippen molar-refractivity contribution in [2.75, 3.05) is 19.1 Å². The van der Waals surface area contributed by atoms with Crippen LogP contribution >= 0.6 is 11.6 Å². The van der Waals surface area contributed by atoms with Crippen LogP contribution in [0, 0.1) is 0 Å². The first-order chi connectivity index (χ1) is 9.65. The van der Waals surface area contributed by atoms with E-state index in [4.69, 9.17) is 20.8 Å². The molecule has 108 valence electrons. The van der Waals surface area contributed by atoms with Crippen LogP contribution in [0.2, 0.25) is 0 Å². The van der Waals surface area contributed by atoms with Crippen molar-refractivity contribution in [3.8, 4) is 5.75 Å². The van der Waals surface area contributed by atoms with Crippen molar-refractivity contribution in [1.82, 2.24) is 10.2 Å². The summed E-state index contributed by atoms with van der Waals surface area (Å²) in [6.07, 6.45) is 0.819. The molecule has 1 unspecified atom stereocenters. The number of methoxy groups -OCH3 is 1. The predicted octanol–water partition coefficient (Wildman–Crippen LogP) is 2.88. The smallest absolute Gasteiger partial charge is 0.318 e. The number of rotatable bonds is 6. The molecular formula is C14H18ClN3O2. The van der Waals surface area contributed by atoms with Gasteiger partial charge in [-0.15, -0.1) is 16.7 Å². The van der Waals surface area contributed by atoms with Gasteiger partial charge in [-0.3, -0.25) is 0 Å². The van der Waals surface area contributed by atoms with E-state index in [0.29, 0.717) is 11.9 Å². The van der Waals surface area contributed by atoms with E-state index in [1.807, 2.05) is 30.1 Å². The fourth-order valence-electron chi connectivity index (χ4n) is 1.96. The third kappa shape index (κ3) is 3.22. The molecule has 6 heteroatoms. The number of hydrogen-bond donors (Lipinski definition) is 0. The highest BCUT2D eigenvalue weighted by Gasteiger charge is 2.17. The van der Waals surface area contributed by atoms with Crippen molar-refractivity contribution >= 4 is 17.6 Å². The third-order valence-corrected chi connectivity index (χ3v) is 3.47. The van der Waals surface area contributed by atoms with Crippen molar-refractivity contribution in [3.63, 3.8) is 0 Å². The van der Waals surface area contributed by atoms with E-state index in [2.05, 4.69) is 23.2 Å². The Morgan fingerprint density at radius 3 is 2.75 bits per heavy atom.